The van der Waals surface area contributed by atoms with Crippen molar-refractivity contribution in [3.8, 4) is 29.5 Å². The van der Waals surface area contributed by atoms with Gasteiger partial charge in [0.25, 0.3) is 0 Å². The summed E-state index contributed by atoms with van der Waals surface area (Å²) in [6.07, 6.45) is 3.89. The van der Waals surface area contributed by atoms with E-state index in [9.17, 15) is 0 Å². The van der Waals surface area contributed by atoms with Gasteiger partial charge in [0.15, 0.2) is 0 Å². The molecule has 4 rings (SSSR count). The summed E-state index contributed by atoms with van der Waals surface area (Å²) in [5.41, 5.74) is 2.19. The molecule has 0 aliphatic carbocycles. The van der Waals surface area contributed by atoms with Gasteiger partial charge in [0, 0.05) is 0 Å². The Kier molecular flexibility index (Phi) is 4.93. The SMILES string of the molecule is Cc1cc(C)c[n+](-c2nc(Oc3ccccc3)nc(Oc3ccccc3)n2)c1. The van der Waals surface area contributed by atoms with Gasteiger partial charge in [-0.15, -0.1) is 4.98 Å². The van der Waals surface area contributed by atoms with Gasteiger partial charge in [-0.3, -0.25) is 0 Å². The molecule has 2 aromatic heterocycles. The summed E-state index contributed by atoms with van der Waals surface area (Å²) in [6.45, 7) is 4.04. The smallest absolute Gasteiger partial charge is 0.412 e. The summed E-state index contributed by atoms with van der Waals surface area (Å²) in [7, 11) is 0. The Morgan fingerprint density at radius 2 is 1.11 bits per heavy atom. The Balaban J connectivity index is 1.75. The third kappa shape index (κ3) is 4.29. The van der Waals surface area contributed by atoms with Crippen molar-refractivity contribution in [1.29, 1.82) is 0 Å². The molecule has 0 aliphatic heterocycles. The van der Waals surface area contributed by atoms with Crippen LogP contribution in [-0.4, -0.2) is 15.0 Å². The molecular formula is C22H19N4O2+. The molecule has 0 unspecified atom stereocenters. The number of pyridine rings is 1. The van der Waals surface area contributed by atoms with Crippen LogP contribution in [0, 0.1) is 13.8 Å². The van der Waals surface area contributed by atoms with Gasteiger partial charge in [0.2, 0.25) is 0 Å². The zero-order valence-corrected chi connectivity index (χ0v) is 15.6. The minimum Gasteiger partial charge on any atom is -0.412 e. The summed E-state index contributed by atoms with van der Waals surface area (Å²) < 4.78 is 13.5. The molecule has 6 heteroatoms. The molecule has 138 valence electrons. The largest absolute Gasteiger partial charge is 0.447 e. The lowest BCUT2D eigenvalue weighted by molar-refractivity contribution is -0.604. The number of rotatable bonds is 5. The maximum atomic E-state index is 5.82. The van der Waals surface area contributed by atoms with Gasteiger partial charge in [-0.1, -0.05) is 42.5 Å². The zero-order valence-electron chi connectivity index (χ0n) is 15.6. The Bertz CT molecular complexity index is 1010. The molecule has 0 spiro atoms. The monoisotopic (exact) mass is 371 g/mol. The minimum atomic E-state index is 0.161. The number of para-hydroxylation sites is 2. The van der Waals surface area contributed by atoms with Gasteiger partial charge in [-0.25, -0.2) is 4.57 Å². The fourth-order valence-corrected chi connectivity index (χ4v) is 2.75. The maximum Gasteiger partial charge on any atom is 0.447 e. The van der Waals surface area contributed by atoms with E-state index < -0.39 is 0 Å². The Morgan fingerprint density at radius 3 is 1.57 bits per heavy atom. The van der Waals surface area contributed by atoms with E-state index in [1.165, 1.54) is 0 Å². The van der Waals surface area contributed by atoms with Crippen molar-refractivity contribution in [2.75, 3.05) is 0 Å². The third-order valence-corrected chi connectivity index (χ3v) is 3.86. The van der Waals surface area contributed by atoms with Crippen LogP contribution in [-0.2, 0) is 0 Å². The van der Waals surface area contributed by atoms with Gasteiger partial charge in [0.1, 0.15) is 11.5 Å². The van der Waals surface area contributed by atoms with Crippen molar-refractivity contribution >= 4 is 0 Å². The normalized spacial score (nSPS) is 10.5. The van der Waals surface area contributed by atoms with Crippen molar-refractivity contribution in [1.82, 2.24) is 15.0 Å². The molecule has 4 aromatic rings. The van der Waals surface area contributed by atoms with E-state index in [0.29, 0.717) is 17.4 Å². The highest BCUT2D eigenvalue weighted by Gasteiger charge is 2.21. The van der Waals surface area contributed by atoms with E-state index in [1.807, 2.05) is 91.5 Å². The molecule has 0 saturated carbocycles. The summed E-state index contributed by atoms with van der Waals surface area (Å²) >= 11 is 0. The Hall–Kier alpha value is -3.80. The Labute approximate surface area is 163 Å². The van der Waals surface area contributed by atoms with E-state index in [0.717, 1.165) is 11.1 Å². The van der Waals surface area contributed by atoms with Crippen LogP contribution >= 0.6 is 0 Å². The highest BCUT2D eigenvalue weighted by atomic mass is 16.5. The highest BCUT2D eigenvalue weighted by Crippen LogP contribution is 2.22. The number of nitrogens with zero attached hydrogens (tertiary/aromatic N) is 4. The number of aromatic nitrogens is 4. The molecule has 0 saturated heterocycles. The standard InChI is InChI=1S/C22H19N4O2/c1-16-13-17(2)15-26(14-16)20-23-21(27-18-9-5-3-6-10-18)25-22(24-20)28-19-11-7-4-8-12-19/h3-15H,1-2H3/q+1. The van der Waals surface area contributed by atoms with Crippen LogP contribution in [0.1, 0.15) is 11.1 Å². The first-order chi connectivity index (χ1) is 13.7. The summed E-state index contributed by atoms with van der Waals surface area (Å²) in [5, 5.41) is 0. The second-order valence-electron chi connectivity index (χ2n) is 6.33. The van der Waals surface area contributed by atoms with Crippen LogP contribution < -0.4 is 14.0 Å². The van der Waals surface area contributed by atoms with Crippen LogP contribution in [0.3, 0.4) is 0 Å². The van der Waals surface area contributed by atoms with Gasteiger partial charge >= 0.3 is 18.0 Å². The topological polar surface area (TPSA) is 61.0 Å². The van der Waals surface area contributed by atoms with E-state index >= 15 is 0 Å². The second-order valence-corrected chi connectivity index (χ2v) is 6.33. The molecule has 0 fully saturated rings. The fraction of sp³-hybridized carbons (Fsp3) is 0.0909. The second kappa shape index (κ2) is 7.84. The molecule has 0 atom stereocenters. The molecule has 0 aliphatic rings. The molecule has 28 heavy (non-hydrogen) atoms. The van der Waals surface area contributed by atoms with Crippen LogP contribution in [0.15, 0.2) is 79.1 Å². The van der Waals surface area contributed by atoms with Crippen molar-refractivity contribution in [2.24, 2.45) is 0 Å². The molecule has 0 radical (unpaired) electrons. The van der Waals surface area contributed by atoms with E-state index in [2.05, 4.69) is 21.0 Å². The predicted molar refractivity (Wildman–Crippen MR) is 104 cm³/mol. The summed E-state index contributed by atoms with van der Waals surface area (Å²) in [5.74, 6) is 1.69. The lowest BCUT2D eigenvalue weighted by Crippen LogP contribution is -2.33. The van der Waals surface area contributed by atoms with E-state index in [1.54, 1.807) is 0 Å². The van der Waals surface area contributed by atoms with Crippen molar-refractivity contribution in [3.05, 3.63) is 90.3 Å². The first kappa shape index (κ1) is 17.6. The lowest BCUT2D eigenvalue weighted by Gasteiger charge is -2.05. The van der Waals surface area contributed by atoms with E-state index in [-0.39, 0.29) is 12.0 Å². The van der Waals surface area contributed by atoms with Crippen LogP contribution in [0.4, 0.5) is 0 Å². The van der Waals surface area contributed by atoms with Crippen molar-refractivity contribution in [3.63, 3.8) is 0 Å². The minimum absolute atomic E-state index is 0.161. The van der Waals surface area contributed by atoms with Crippen molar-refractivity contribution < 1.29 is 14.0 Å². The first-order valence-electron chi connectivity index (χ1n) is 8.87. The number of benzene rings is 2. The Morgan fingerprint density at radius 1 is 0.643 bits per heavy atom. The average molecular weight is 371 g/mol. The predicted octanol–water partition coefficient (Wildman–Crippen LogP) is 4.35. The lowest BCUT2D eigenvalue weighted by atomic mass is 10.2. The molecule has 2 aromatic carbocycles. The number of hydrogen-bond acceptors (Lipinski definition) is 5. The van der Waals surface area contributed by atoms with Crippen LogP contribution in [0.25, 0.3) is 5.95 Å². The van der Waals surface area contributed by atoms with Gasteiger partial charge < -0.3 is 9.47 Å². The van der Waals surface area contributed by atoms with Crippen molar-refractivity contribution in [2.45, 2.75) is 13.8 Å². The maximum absolute atomic E-state index is 5.82. The zero-order chi connectivity index (χ0) is 19.3. The number of aryl methyl sites for hydroxylation is 2. The van der Waals surface area contributed by atoms with Crippen LogP contribution in [0.5, 0.6) is 23.5 Å². The third-order valence-electron chi connectivity index (χ3n) is 3.86. The highest BCUT2D eigenvalue weighted by molar-refractivity contribution is 5.27. The quantitative estimate of drug-likeness (QED) is 0.488. The van der Waals surface area contributed by atoms with Crippen LogP contribution in [0.2, 0.25) is 0 Å². The number of hydrogen-bond donors (Lipinski definition) is 0. The first-order valence-corrected chi connectivity index (χ1v) is 8.87. The molecule has 6 nitrogen and oxygen atoms in total. The molecule has 0 N–H and O–H groups in total. The molecule has 2 heterocycles. The fourth-order valence-electron chi connectivity index (χ4n) is 2.75. The van der Waals surface area contributed by atoms with Gasteiger partial charge in [0.05, 0.1) is 12.4 Å². The summed E-state index contributed by atoms with van der Waals surface area (Å²) in [4.78, 5) is 13.2. The average Bonchev–Trinajstić information content (AvgIpc) is 2.69. The van der Waals surface area contributed by atoms with Gasteiger partial charge in [-0.2, -0.15) is 0 Å². The molecule has 0 bridgehead atoms. The van der Waals surface area contributed by atoms with E-state index in [4.69, 9.17) is 9.47 Å². The summed E-state index contributed by atoms with van der Waals surface area (Å²) in [6, 6.07) is 21.1. The van der Waals surface area contributed by atoms with Gasteiger partial charge in [-0.05, 0) is 59.2 Å². The molecular weight excluding hydrogens is 352 g/mol. The number of ether oxygens (including phenoxy) is 2. The molecule has 0 amide bonds.